The first kappa shape index (κ1) is 14.0. The third kappa shape index (κ3) is 4.45. The van der Waals surface area contributed by atoms with Crippen LogP contribution in [0.4, 0.5) is 10.5 Å². The molecule has 2 amide bonds. The summed E-state index contributed by atoms with van der Waals surface area (Å²) in [6.07, 6.45) is -0.477. The van der Waals surface area contributed by atoms with E-state index in [0.717, 1.165) is 5.56 Å². The van der Waals surface area contributed by atoms with Gasteiger partial charge in [0.15, 0.2) is 0 Å². The maximum atomic E-state index is 11.3. The number of carbonyl (C=O) groups is 2. The second-order valence-electron chi connectivity index (χ2n) is 3.92. The van der Waals surface area contributed by atoms with Gasteiger partial charge < -0.3 is 9.64 Å². The van der Waals surface area contributed by atoms with Crippen LogP contribution in [-0.4, -0.2) is 30.6 Å². The van der Waals surface area contributed by atoms with Crippen LogP contribution in [0.3, 0.4) is 0 Å². The van der Waals surface area contributed by atoms with E-state index in [1.54, 1.807) is 24.9 Å². The van der Waals surface area contributed by atoms with Crippen LogP contribution in [0.1, 0.15) is 19.4 Å². The van der Waals surface area contributed by atoms with Crippen molar-refractivity contribution in [2.75, 3.05) is 19.0 Å². The minimum absolute atomic E-state index is 0.00115. The summed E-state index contributed by atoms with van der Waals surface area (Å²) in [7, 11) is 1.73. The third-order valence-corrected chi connectivity index (χ3v) is 2.41. The van der Waals surface area contributed by atoms with Gasteiger partial charge in [0.2, 0.25) is 5.91 Å². The molecule has 5 heteroatoms. The van der Waals surface area contributed by atoms with E-state index in [4.69, 9.17) is 4.74 Å². The van der Waals surface area contributed by atoms with Crippen molar-refractivity contribution in [1.29, 1.82) is 0 Å². The Labute approximate surface area is 107 Å². The van der Waals surface area contributed by atoms with E-state index in [2.05, 4.69) is 5.32 Å². The number of carbonyl (C=O) groups excluding carboxylic acids is 2. The topological polar surface area (TPSA) is 58.6 Å². The minimum Gasteiger partial charge on any atom is -0.450 e. The molecule has 5 nitrogen and oxygen atoms in total. The highest BCUT2D eigenvalue weighted by molar-refractivity contribution is 5.84. The first-order valence-corrected chi connectivity index (χ1v) is 5.77. The van der Waals surface area contributed by atoms with Crippen LogP contribution >= 0.6 is 0 Å². The minimum atomic E-state index is -0.477. The van der Waals surface area contributed by atoms with Gasteiger partial charge in [0.1, 0.15) is 0 Å². The fraction of sp³-hybridized carbons (Fsp3) is 0.385. The zero-order valence-electron chi connectivity index (χ0n) is 10.9. The van der Waals surface area contributed by atoms with Crippen LogP contribution < -0.4 is 5.32 Å². The van der Waals surface area contributed by atoms with Crippen LogP contribution in [0.5, 0.6) is 0 Å². The summed E-state index contributed by atoms with van der Waals surface area (Å²) in [5.74, 6) is -0.00115. The summed E-state index contributed by atoms with van der Waals surface area (Å²) in [6, 6.07) is 7.31. The quantitative estimate of drug-likeness (QED) is 0.891. The molecule has 18 heavy (non-hydrogen) atoms. The Hall–Kier alpha value is -2.04. The van der Waals surface area contributed by atoms with Crippen LogP contribution in [0.2, 0.25) is 0 Å². The SMILES string of the molecule is CCOC(=O)Nc1cccc(CN(C)C(C)=O)c1. The number of amides is 2. The molecule has 1 aromatic rings. The van der Waals surface area contributed by atoms with Crippen LogP contribution in [0, 0.1) is 0 Å². The van der Waals surface area contributed by atoms with E-state index < -0.39 is 6.09 Å². The molecule has 0 fully saturated rings. The van der Waals surface area contributed by atoms with Gasteiger partial charge in [-0.05, 0) is 24.6 Å². The van der Waals surface area contributed by atoms with Crippen LogP contribution in [0.25, 0.3) is 0 Å². The summed E-state index contributed by atoms with van der Waals surface area (Å²) in [6.45, 7) is 4.10. The molecule has 0 saturated carbocycles. The van der Waals surface area contributed by atoms with E-state index in [1.165, 1.54) is 6.92 Å². The number of benzene rings is 1. The monoisotopic (exact) mass is 250 g/mol. The molecule has 0 spiro atoms. The lowest BCUT2D eigenvalue weighted by atomic mass is 10.2. The van der Waals surface area contributed by atoms with Crippen molar-refractivity contribution in [2.45, 2.75) is 20.4 Å². The summed E-state index contributed by atoms with van der Waals surface area (Å²) in [4.78, 5) is 24.0. The highest BCUT2D eigenvalue weighted by Crippen LogP contribution is 2.12. The smallest absolute Gasteiger partial charge is 0.411 e. The van der Waals surface area contributed by atoms with Crippen LogP contribution in [-0.2, 0) is 16.1 Å². The standard InChI is InChI=1S/C13H18N2O3/c1-4-18-13(17)14-12-7-5-6-11(8-12)9-15(3)10(2)16/h5-8H,4,9H2,1-3H3,(H,14,17). The summed E-state index contributed by atoms with van der Waals surface area (Å²) < 4.78 is 4.79. The fourth-order valence-electron chi connectivity index (χ4n) is 1.42. The largest absolute Gasteiger partial charge is 0.450 e. The Morgan fingerprint density at radius 3 is 2.72 bits per heavy atom. The number of ether oxygens (including phenoxy) is 1. The molecule has 0 unspecified atom stereocenters. The van der Waals surface area contributed by atoms with E-state index in [1.807, 2.05) is 18.2 Å². The molecule has 1 N–H and O–H groups in total. The number of anilines is 1. The number of rotatable bonds is 4. The van der Waals surface area contributed by atoms with Crippen molar-refractivity contribution in [3.05, 3.63) is 29.8 Å². The van der Waals surface area contributed by atoms with Crippen molar-refractivity contribution >= 4 is 17.7 Å². The van der Waals surface area contributed by atoms with Gasteiger partial charge in [-0.15, -0.1) is 0 Å². The highest BCUT2D eigenvalue weighted by Gasteiger charge is 2.05. The average molecular weight is 250 g/mol. The maximum Gasteiger partial charge on any atom is 0.411 e. The zero-order valence-corrected chi connectivity index (χ0v) is 10.9. The molecule has 0 aliphatic heterocycles. The Kier molecular flexibility index (Phi) is 5.17. The lowest BCUT2D eigenvalue weighted by Crippen LogP contribution is -2.23. The van der Waals surface area contributed by atoms with E-state index in [-0.39, 0.29) is 5.91 Å². The van der Waals surface area contributed by atoms with Gasteiger partial charge in [0.05, 0.1) is 6.61 Å². The lowest BCUT2D eigenvalue weighted by Gasteiger charge is -2.15. The summed E-state index contributed by atoms with van der Waals surface area (Å²) in [5, 5.41) is 2.62. The fourth-order valence-corrected chi connectivity index (χ4v) is 1.42. The molecule has 0 aliphatic carbocycles. The molecular weight excluding hydrogens is 232 g/mol. The normalized spacial score (nSPS) is 9.72. The Morgan fingerprint density at radius 2 is 2.11 bits per heavy atom. The summed E-state index contributed by atoms with van der Waals surface area (Å²) >= 11 is 0. The van der Waals surface area contributed by atoms with Gasteiger partial charge in [-0.3, -0.25) is 10.1 Å². The van der Waals surface area contributed by atoms with E-state index in [0.29, 0.717) is 18.8 Å². The maximum absolute atomic E-state index is 11.3. The van der Waals surface area contributed by atoms with E-state index in [9.17, 15) is 9.59 Å². The first-order valence-electron chi connectivity index (χ1n) is 5.77. The van der Waals surface area contributed by atoms with E-state index >= 15 is 0 Å². The van der Waals surface area contributed by atoms with Gasteiger partial charge in [-0.25, -0.2) is 4.79 Å². The van der Waals surface area contributed by atoms with Gasteiger partial charge in [-0.2, -0.15) is 0 Å². The molecule has 0 aromatic heterocycles. The molecule has 0 saturated heterocycles. The molecule has 98 valence electrons. The summed E-state index contributed by atoms with van der Waals surface area (Å²) in [5.41, 5.74) is 1.60. The molecule has 0 radical (unpaired) electrons. The Morgan fingerprint density at radius 1 is 1.39 bits per heavy atom. The zero-order chi connectivity index (χ0) is 13.5. The van der Waals surface area contributed by atoms with Gasteiger partial charge in [-0.1, -0.05) is 12.1 Å². The first-order chi connectivity index (χ1) is 8.52. The predicted molar refractivity (Wildman–Crippen MR) is 69.2 cm³/mol. The number of nitrogens with one attached hydrogen (secondary N) is 1. The molecular formula is C13H18N2O3. The van der Waals surface area contributed by atoms with Gasteiger partial charge in [0, 0.05) is 26.2 Å². The molecule has 1 rings (SSSR count). The van der Waals surface area contributed by atoms with Crippen molar-refractivity contribution < 1.29 is 14.3 Å². The second-order valence-corrected chi connectivity index (χ2v) is 3.92. The van der Waals surface area contributed by atoms with Crippen molar-refractivity contribution in [2.24, 2.45) is 0 Å². The molecule has 0 bridgehead atoms. The highest BCUT2D eigenvalue weighted by atomic mass is 16.5. The molecule has 1 aromatic carbocycles. The molecule has 0 aliphatic rings. The lowest BCUT2D eigenvalue weighted by molar-refractivity contribution is -0.128. The Bertz CT molecular complexity index is 432. The Balaban J connectivity index is 2.67. The number of hydrogen-bond donors (Lipinski definition) is 1. The third-order valence-electron chi connectivity index (χ3n) is 2.41. The van der Waals surface area contributed by atoms with Crippen LogP contribution in [0.15, 0.2) is 24.3 Å². The van der Waals surface area contributed by atoms with Crippen molar-refractivity contribution in [3.63, 3.8) is 0 Å². The number of hydrogen-bond acceptors (Lipinski definition) is 3. The van der Waals surface area contributed by atoms with Gasteiger partial charge >= 0.3 is 6.09 Å². The average Bonchev–Trinajstić information content (AvgIpc) is 2.29. The molecule has 0 heterocycles. The van der Waals surface area contributed by atoms with Crippen molar-refractivity contribution in [1.82, 2.24) is 4.90 Å². The predicted octanol–water partition coefficient (Wildman–Crippen LogP) is 2.23. The molecule has 0 atom stereocenters. The number of nitrogens with zero attached hydrogens (tertiary/aromatic N) is 1. The second kappa shape index (κ2) is 6.64. The van der Waals surface area contributed by atoms with Crippen molar-refractivity contribution in [3.8, 4) is 0 Å². The van der Waals surface area contributed by atoms with Gasteiger partial charge in [0.25, 0.3) is 0 Å².